The second kappa shape index (κ2) is 5.46. The number of anilines is 1. The molecule has 0 saturated heterocycles. The minimum absolute atomic E-state index is 0.0132. The quantitative estimate of drug-likeness (QED) is 0.563. The molecule has 108 valence electrons. The van der Waals surface area contributed by atoms with Crippen LogP contribution in [0, 0.1) is 16.0 Å². The van der Waals surface area contributed by atoms with Gasteiger partial charge in [0.2, 0.25) is 0 Å². The monoisotopic (exact) mass is 278 g/mol. The first-order valence-corrected chi connectivity index (χ1v) is 6.48. The smallest absolute Gasteiger partial charge is 0.319 e. The Morgan fingerprint density at radius 3 is 2.50 bits per heavy atom. The van der Waals surface area contributed by atoms with Gasteiger partial charge in [0.25, 0.3) is 5.69 Å². The van der Waals surface area contributed by atoms with E-state index in [2.05, 4.69) is 10.6 Å². The number of nitro groups is 1. The van der Waals surface area contributed by atoms with Crippen LogP contribution in [0.5, 0.6) is 0 Å². The summed E-state index contributed by atoms with van der Waals surface area (Å²) in [7, 11) is 0. The van der Waals surface area contributed by atoms with E-state index in [1.165, 1.54) is 24.3 Å². The molecule has 0 spiro atoms. The van der Waals surface area contributed by atoms with E-state index in [0.717, 1.165) is 12.8 Å². The number of amides is 2. The number of carbonyl (C=O) groups excluding carboxylic acids is 1. The topological polar surface area (TPSA) is 110 Å². The van der Waals surface area contributed by atoms with Crippen molar-refractivity contribution in [2.24, 2.45) is 11.7 Å². The van der Waals surface area contributed by atoms with Gasteiger partial charge in [0.1, 0.15) is 0 Å². The molecule has 0 heterocycles. The van der Waals surface area contributed by atoms with Gasteiger partial charge in [-0.3, -0.25) is 10.1 Å². The van der Waals surface area contributed by atoms with E-state index in [4.69, 9.17) is 5.73 Å². The largest absolute Gasteiger partial charge is 0.331 e. The Labute approximate surface area is 116 Å². The lowest BCUT2D eigenvalue weighted by Gasteiger charge is -2.29. The van der Waals surface area contributed by atoms with Crippen LogP contribution in [0.3, 0.4) is 0 Å². The summed E-state index contributed by atoms with van der Waals surface area (Å²) in [4.78, 5) is 22.0. The summed E-state index contributed by atoms with van der Waals surface area (Å²) in [5.41, 5.74) is 5.82. The highest BCUT2D eigenvalue weighted by Gasteiger charge is 2.41. The molecule has 0 radical (unpaired) electrons. The number of urea groups is 1. The van der Waals surface area contributed by atoms with E-state index in [-0.39, 0.29) is 11.7 Å². The van der Waals surface area contributed by atoms with Gasteiger partial charge in [-0.2, -0.15) is 0 Å². The first kappa shape index (κ1) is 14.3. The first-order chi connectivity index (χ1) is 9.44. The Bertz CT molecular complexity index is 513. The van der Waals surface area contributed by atoms with E-state index in [0.29, 0.717) is 18.2 Å². The number of non-ortho nitro benzene ring substituents is 1. The highest BCUT2D eigenvalue weighted by Crippen LogP contribution is 2.38. The van der Waals surface area contributed by atoms with Crippen LogP contribution in [-0.2, 0) is 0 Å². The maximum atomic E-state index is 11.9. The Kier molecular flexibility index (Phi) is 3.89. The van der Waals surface area contributed by atoms with E-state index >= 15 is 0 Å². The third kappa shape index (κ3) is 3.24. The number of carbonyl (C=O) groups is 1. The van der Waals surface area contributed by atoms with Crippen molar-refractivity contribution in [2.45, 2.75) is 25.3 Å². The van der Waals surface area contributed by atoms with Crippen LogP contribution < -0.4 is 16.4 Å². The molecule has 2 amide bonds. The summed E-state index contributed by atoms with van der Waals surface area (Å²) in [6.45, 7) is 2.31. The molecule has 0 bridgehead atoms. The average molecular weight is 278 g/mol. The first-order valence-electron chi connectivity index (χ1n) is 6.48. The fraction of sp³-hybridized carbons (Fsp3) is 0.462. The molecule has 7 nitrogen and oxygen atoms in total. The molecule has 1 aromatic rings. The molecule has 1 saturated carbocycles. The molecular formula is C13H18N4O3. The molecule has 2 rings (SSSR count). The Hall–Kier alpha value is -2.15. The van der Waals surface area contributed by atoms with Gasteiger partial charge in [-0.1, -0.05) is 0 Å². The number of nitrogens with zero attached hydrogens (tertiary/aromatic N) is 1. The van der Waals surface area contributed by atoms with E-state index in [1.54, 1.807) is 0 Å². The minimum Gasteiger partial charge on any atom is -0.331 e. The van der Waals surface area contributed by atoms with Crippen molar-refractivity contribution in [3.05, 3.63) is 34.4 Å². The second-order valence-electron chi connectivity index (χ2n) is 5.28. The summed E-state index contributed by atoms with van der Waals surface area (Å²) in [6.07, 6.45) is 2.15. The number of benzene rings is 1. The third-order valence-electron chi connectivity index (χ3n) is 3.64. The fourth-order valence-corrected chi connectivity index (χ4v) is 2.13. The summed E-state index contributed by atoms with van der Waals surface area (Å²) < 4.78 is 0. The fourth-order valence-electron chi connectivity index (χ4n) is 2.13. The minimum atomic E-state index is -0.484. The highest BCUT2D eigenvalue weighted by atomic mass is 16.6. The maximum absolute atomic E-state index is 11.9. The van der Waals surface area contributed by atoms with Crippen molar-refractivity contribution in [3.8, 4) is 0 Å². The zero-order valence-electron chi connectivity index (χ0n) is 11.3. The van der Waals surface area contributed by atoms with Crippen LogP contribution >= 0.6 is 0 Å². The van der Waals surface area contributed by atoms with Gasteiger partial charge in [-0.05, 0) is 37.8 Å². The molecule has 4 N–H and O–H groups in total. The molecule has 1 fully saturated rings. The maximum Gasteiger partial charge on any atom is 0.319 e. The summed E-state index contributed by atoms with van der Waals surface area (Å²) in [6, 6.07) is 5.33. The second-order valence-corrected chi connectivity index (χ2v) is 5.28. The van der Waals surface area contributed by atoms with Crippen LogP contribution in [0.2, 0.25) is 0 Å². The molecule has 7 heteroatoms. The molecule has 20 heavy (non-hydrogen) atoms. The molecule has 0 aromatic heterocycles. The molecule has 0 aliphatic heterocycles. The lowest BCUT2D eigenvalue weighted by molar-refractivity contribution is -0.384. The number of hydrogen-bond acceptors (Lipinski definition) is 4. The number of nitrogens with one attached hydrogen (secondary N) is 2. The van der Waals surface area contributed by atoms with Gasteiger partial charge >= 0.3 is 6.03 Å². The molecular weight excluding hydrogens is 260 g/mol. The van der Waals surface area contributed by atoms with Gasteiger partial charge < -0.3 is 16.4 Å². The lowest BCUT2D eigenvalue weighted by atomic mass is 9.96. The third-order valence-corrected chi connectivity index (χ3v) is 3.64. The predicted octanol–water partition coefficient (Wildman–Crippen LogP) is 1.84. The van der Waals surface area contributed by atoms with E-state index < -0.39 is 10.5 Å². The predicted molar refractivity (Wildman–Crippen MR) is 75.4 cm³/mol. The van der Waals surface area contributed by atoms with Crippen molar-refractivity contribution in [1.82, 2.24) is 5.32 Å². The van der Waals surface area contributed by atoms with Crippen molar-refractivity contribution in [2.75, 3.05) is 11.9 Å². The Balaban J connectivity index is 1.95. The van der Waals surface area contributed by atoms with Crippen molar-refractivity contribution in [3.63, 3.8) is 0 Å². The molecule has 1 aliphatic carbocycles. The summed E-state index contributed by atoms with van der Waals surface area (Å²) in [5.74, 6) is 0.426. The van der Waals surface area contributed by atoms with Crippen LogP contribution in [0.25, 0.3) is 0 Å². The molecule has 1 aromatic carbocycles. The Morgan fingerprint density at radius 1 is 1.45 bits per heavy atom. The highest BCUT2D eigenvalue weighted by molar-refractivity contribution is 5.89. The van der Waals surface area contributed by atoms with Crippen molar-refractivity contribution in [1.29, 1.82) is 0 Å². The average Bonchev–Trinajstić information content (AvgIpc) is 3.23. The van der Waals surface area contributed by atoms with Gasteiger partial charge in [0.05, 0.1) is 10.5 Å². The van der Waals surface area contributed by atoms with E-state index in [9.17, 15) is 14.9 Å². The zero-order valence-corrected chi connectivity index (χ0v) is 11.3. The molecule has 1 aliphatic rings. The number of nitrogens with two attached hydrogens (primary N) is 1. The van der Waals surface area contributed by atoms with Gasteiger partial charge in [0.15, 0.2) is 0 Å². The van der Waals surface area contributed by atoms with Crippen LogP contribution in [0.1, 0.15) is 19.8 Å². The van der Waals surface area contributed by atoms with Gasteiger partial charge in [-0.25, -0.2) is 4.79 Å². The Morgan fingerprint density at radius 2 is 2.05 bits per heavy atom. The lowest BCUT2D eigenvalue weighted by Crippen LogP contribution is -2.54. The summed E-state index contributed by atoms with van der Waals surface area (Å²) in [5, 5.41) is 16.1. The van der Waals surface area contributed by atoms with Crippen molar-refractivity contribution < 1.29 is 9.72 Å². The normalized spacial score (nSPS) is 17.1. The summed E-state index contributed by atoms with van der Waals surface area (Å²) >= 11 is 0. The van der Waals surface area contributed by atoms with Crippen molar-refractivity contribution >= 4 is 17.4 Å². The van der Waals surface area contributed by atoms with Crippen LogP contribution in [-0.4, -0.2) is 23.0 Å². The van der Waals surface area contributed by atoms with Crippen LogP contribution in [0.4, 0.5) is 16.2 Å². The van der Waals surface area contributed by atoms with E-state index in [1.807, 2.05) is 6.92 Å². The number of rotatable bonds is 5. The SMILES string of the molecule is CC(CN)(NC(=O)Nc1ccc([N+](=O)[O-])cc1)C1CC1. The van der Waals surface area contributed by atoms with Crippen LogP contribution in [0.15, 0.2) is 24.3 Å². The number of nitro benzene ring substituents is 1. The molecule has 1 unspecified atom stereocenters. The number of hydrogen-bond donors (Lipinski definition) is 3. The van der Waals surface area contributed by atoms with Gasteiger partial charge in [0, 0.05) is 24.4 Å². The molecule has 1 atom stereocenters. The standard InChI is InChI=1S/C13H18N4O3/c1-13(8-14,9-2-3-9)16-12(18)15-10-4-6-11(7-5-10)17(19)20/h4-7,9H,2-3,8,14H2,1H3,(H2,15,16,18). The van der Waals surface area contributed by atoms with Gasteiger partial charge in [-0.15, -0.1) is 0 Å². The zero-order chi connectivity index (χ0) is 14.8.